The van der Waals surface area contributed by atoms with Crippen molar-refractivity contribution in [2.45, 2.75) is 83.7 Å². The van der Waals surface area contributed by atoms with E-state index in [9.17, 15) is 9.18 Å². The molecule has 1 aromatic heterocycles. The third-order valence-electron chi connectivity index (χ3n) is 10.3. The van der Waals surface area contributed by atoms with Gasteiger partial charge in [-0.15, -0.1) is 0 Å². The lowest BCUT2D eigenvalue weighted by molar-refractivity contribution is -0.140. The number of rotatable bonds is 11. The fraction of sp³-hybridized carbons (Fsp3) is 0.463. The number of carboxylic acid groups (broad SMARTS) is 1. The minimum atomic E-state index is -0.785. The molecular weight excluding hydrogens is 599 g/mol. The van der Waals surface area contributed by atoms with Gasteiger partial charge < -0.3 is 15.3 Å². The Morgan fingerprint density at radius 3 is 2.25 bits per heavy atom. The first-order chi connectivity index (χ1) is 23.2. The Morgan fingerprint density at radius 1 is 0.938 bits per heavy atom. The SMILES string of the molecule is CCn1nc(Cc2ccc(-c3ccccc3)cc2)cc1C1CCN(CC2CCC[C@@H]2c2cccc(F)c2)CC1.CNC(C(=O)O)C(C)C. The summed E-state index contributed by atoms with van der Waals surface area (Å²) < 4.78 is 16.1. The van der Waals surface area contributed by atoms with E-state index in [2.05, 4.69) is 88.6 Å². The Balaban J connectivity index is 0.000000441. The molecule has 0 spiro atoms. The molecule has 256 valence electrons. The summed E-state index contributed by atoms with van der Waals surface area (Å²) in [5, 5.41) is 16.2. The molecule has 1 aliphatic heterocycles. The number of carbonyl (C=O) groups is 1. The number of likely N-dealkylation sites (tertiary alicyclic amines) is 1. The maximum atomic E-state index is 13.9. The van der Waals surface area contributed by atoms with E-state index in [1.165, 1.54) is 65.7 Å². The standard InChI is InChI=1S/C35H40FN3.C6H13NO2/c1-2-39-35(24-33(37-39)22-26-14-16-28(17-15-26)27-8-4-3-5-9-27)29-18-20-38(21-19-29)25-31-11-7-13-34(31)30-10-6-12-32(36)23-30;1-4(2)5(7-3)6(8)9/h3-6,8-10,12,14-17,23-24,29,31,34H,2,7,11,13,18-22,25H2,1H3;4-5,7H,1-3H3,(H,8,9)/t31?,34-;/m1./s1. The van der Waals surface area contributed by atoms with Crippen LogP contribution in [0.4, 0.5) is 4.39 Å². The quantitative estimate of drug-likeness (QED) is 0.170. The van der Waals surface area contributed by atoms with Crippen molar-refractivity contribution in [1.82, 2.24) is 20.0 Å². The second kappa shape index (κ2) is 17.0. The number of benzene rings is 3. The Bertz CT molecular complexity index is 1580. The van der Waals surface area contributed by atoms with Crippen LogP contribution in [0.1, 0.15) is 87.2 Å². The molecule has 7 heteroatoms. The smallest absolute Gasteiger partial charge is 0.320 e. The molecule has 3 aromatic carbocycles. The Labute approximate surface area is 286 Å². The van der Waals surface area contributed by atoms with Crippen molar-refractivity contribution in [3.05, 3.63) is 113 Å². The minimum Gasteiger partial charge on any atom is -0.480 e. The second-order valence-electron chi connectivity index (χ2n) is 13.9. The van der Waals surface area contributed by atoms with Gasteiger partial charge in [0, 0.05) is 31.1 Å². The van der Waals surface area contributed by atoms with Crippen LogP contribution in [0.25, 0.3) is 11.1 Å². The molecule has 2 unspecified atom stereocenters. The van der Waals surface area contributed by atoms with Crippen LogP contribution in [0.5, 0.6) is 0 Å². The number of nitrogens with one attached hydrogen (secondary N) is 1. The van der Waals surface area contributed by atoms with Crippen LogP contribution in [0, 0.1) is 17.7 Å². The molecule has 6 rings (SSSR count). The molecule has 3 atom stereocenters. The average molecular weight is 653 g/mol. The molecule has 4 aromatic rings. The summed E-state index contributed by atoms with van der Waals surface area (Å²) in [6.45, 7) is 10.3. The van der Waals surface area contributed by atoms with Gasteiger partial charge >= 0.3 is 5.97 Å². The van der Waals surface area contributed by atoms with E-state index in [1.54, 1.807) is 19.2 Å². The topological polar surface area (TPSA) is 70.4 Å². The first-order valence-electron chi connectivity index (χ1n) is 17.8. The van der Waals surface area contributed by atoms with E-state index in [-0.39, 0.29) is 11.7 Å². The zero-order valence-electron chi connectivity index (χ0n) is 29.1. The first-order valence-corrected chi connectivity index (χ1v) is 17.8. The fourth-order valence-corrected chi connectivity index (χ4v) is 7.73. The van der Waals surface area contributed by atoms with Crippen LogP contribution in [-0.4, -0.2) is 58.5 Å². The van der Waals surface area contributed by atoms with E-state index in [4.69, 9.17) is 10.2 Å². The Hall–Kier alpha value is -3.81. The molecule has 0 amide bonds. The second-order valence-corrected chi connectivity index (χ2v) is 13.9. The third-order valence-corrected chi connectivity index (χ3v) is 10.3. The summed E-state index contributed by atoms with van der Waals surface area (Å²) in [6, 6.07) is 28.8. The van der Waals surface area contributed by atoms with E-state index in [0.29, 0.717) is 17.8 Å². The first kappa shape index (κ1) is 35.5. The predicted molar refractivity (Wildman–Crippen MR) is 193 cm³/mol. The number of nitrogens with zero attached hydrogens (tertiary/aromatic N) is 3. The molecule has 2 N–H and O–H groups in total. The van der Waals surface area contributed by atoms with Gasteiger partial charge in [-0.25, -0.2) is 4.39 Å². The molecule has 6 nitrogen and oxygen atoms in total. The van der Waals surface area contributed by atoms with Crippen molar-refractivity contribution in [3.8, 4) is 11.1 Å². The number of hydrogen-bond acceptors (Lipinski definition) is 4. The number of piperidine rings is 1. The average Bonchev–Trinajstić information content (AvgIpc) is 3.73. The maximum Gasteiger partial charge on any atom is 0.320 e. The van der Waals surface area contributed by atoms with Crippen LogP contribution in [-0.2, 0) is 17.8 Å². The van der Waals surface area contributed by atoms with Crippen molar-refractivity contribution >= 4 is 5.97 Å². The summed E-state index contributed by atoms with van der Waals surface area (Å²) in [6.07, 6.45) is 6.97. The zero-order chi connectivity index (χ0) is 34.0. The molecular formula is C41H53FN4O2. The van der Waals surface area contributed by atoms with Crippen molar-refractivity contribution in [2.24, 2.45) is 11.8 Å². The van der Waals surface area contributed by atoms with Crippen molar-refractivity contribution in [1.29, 1.82) is 0 Å². The van der Waals surface area contributed by atoms with Crippen molar-refractivity contribution in [2.75, 3.05) is 26.7 Å². The summed E-state index contributed by atoms with van der Waals surface area (Å²) >= 11 is 0. The van der Waals surface area contributed by atoms with Gasteiger partial charge in [0.05, 0.1) is 5.69 Å². The monoisotopic (exact) mass is 652 g/mol. The van der Waals surface area contributed by atoms with Crippen LogP contribution in [0.2, 0.25) is 0 Å². The molecule has 2 aliphatic rings. The number of hydrogen-bond donors (Lipinski definition) is 2. The fourth-order valence-electron chi connectivity index (χ4n) is 7.73. The van der Waals surface area contributed by atoms with E-state index < -0.39 is 12.0 Å². The highest BCUT2D eigenvalue weighted by atomic mass is 19.1. The molecule has 1 saturated carbocycles. The van der Waals surface area contributed by atoms with Crippen LogP contribution in [0.15, 0.2) is 84.9 Å². The third kappa shape index (κ3) is 9.20. The molecule has 0 bridgehead atoms. The summed E-state index contributed by atoms with van der Waals surface area (Å²) in [5.74, 6) is 0.981. The summed E-state index contributed by atoms with van der Waals surface area (Å²) in [7, 11) is 1.65. The summed E-state index contributed by atoms with van der Waals surface area (Å²) in [5.41, 5.74) is 7.59. The van der Waals surface area contributed by atoms with Gasteiger partial charge in [-0.1, -0.05) is 87.0 Å². The molecule has 48 heavy (non-hydrogen) atoms. The number of likely N-dealkylation sites (N-methyl/N-ethyl adjacent to an activating group) is 1. The number of aliphatic carboxylic acids is 1. The van der Waals surface area contributed by atoms with Crippen molar-refractivity contribution < 1.29 is 14.3 Å². The van der Waals surface area contributed by atoms with E-state index in [0.717, 1.165) is 32.6 Å². The number of halogens is 1. The highest BCUT2D eigenvalue weighted by Gasteiger charge is 2.32. The van der Waals surface area contributed by atoms with Gasteiger partial charge in [-0.3, -0.25) is 9.48 Å². The van der Waals surface area contributed by atoms with Crippen LogP contribution >= 0.6 is 0 Å². The minimum absolute atomic E-state index is 0.102. The van der Waals surface area contributed by atoms with Gasteiger partial charge in [0.2, 0.25) is 0 Å². The summed E-state index contributed by atoms with van der Waals surface area (Å²) in [4.78, 5) is 13.0. The Morgan fingerprint density at radius 2 is 1.65 bits per heavy atom. The van der Waals surface area contributed by atoms with Gasteiger partial charge in [0.25, 0.3) is 0 Å². The molecule has 2 heterocycles. The maximum absolute atomic E-state index is 13.9. The number of aryl methyl sites for hydroxylation is 1. The highest BCUT2D eigenvalue weighted by molar-refractivity contribution is 5.73. The number of carboxylic acids is 1. The zero-order valence-corrected chi connectivity index (χ0v) is 29.1. The van der Waals surface area contributed by atoms with Crippen molar-refractivity contribution in [3.63, 3.8) is 0 Å². The Kier molecular flexibility index (Phi) is 12.6. The lowest BCUT2D eigenvalue weighted by Gasteiger charge is -2.35. The molecule has 1 aliphatic carbocycles. The van der Waals surface area contributed by atoms with Crippen LogP contribution in [0.3, 0.4) is 0 Å². The molecule has 2 fully saturated rings. The molecule has 0 radical (unpaired) electrons. The normalized spacial score (nSPS) is 19.2. The van der Waals surface area contributed by atoms with Gasteiger partial charge in [0.1, 0.15) is 11.9 Å². The molecule has 1 saturated heterocycles. The number of aromatic nitrogens is 2. The largest absolute Gasteiger partial charge is 0.480 e. The lowest BCUT2D eigenvalue weighted by Crippen LogP contribution is -2.38. The van der Waals surface area contributed by atoms with Gasteiger partial charge in [-0.2, -0.15) is 5.10 Å². The van der Waals surface area contributed by atoms with Gasteiger partial charge in [-0.05, 0) is 111 Å². The van der Waals surface area contributed by atoms with E-state index in [1.807, 2.05) is 19.9 Å². The van der Waals surface area contributed by atoms with Crippen LogP contribution < -0.4 is 5.32 Å². The van der Waals surface area contributed by atoms with E-state index >= 15 is 0 Å². The highest BCUT2D eigenvalue weighted by Crippen LogP contribution is 2.41. The lowest BCUT2D eigenvalue weighted by atomic mass is 9.87. The van der Waals surface area contributed by atoms with Gasteiger partial charge in [0.15, 0.2) is 0 Å². The predicted octanol–water partition coefficient (Wildman–Crippen LogP) is 8.38.